The zero-order valence-corrected chi connectivity index (χ0v) is 22.4. The van der Waals surface area contributed by atoms with Crippen molar-refractivity contribution in [1.82, 2.24) is 21.3 Å². The summed E-state index contributed by atoms with van der Waals surface area (Å²) in [6.45, 7) is -0.146. The van der Waals surface area contributed by atoms with Gasteiger partial charge in [0, 0.05) is 13.0 Å². The van der Waals surface area contributed by atoms with Crippen LogP contribution < -0.4 is 38.5 Å². The lowest BCUT2D eigenvalue weighted by molar-refractivity contribution is -0.141. The van der Waals surface area contributed by atoms with E-state index in [1.165, 1.54) is 31.2 Å². The largest absolute Gasteiger partial charge is 0.508 e. The molecule has 0 bridgehead atoms. The zero-order chi connectivity index (χ0) is 31.1. The lowest BCUT2D eigenvalue weighted by Gasteiger charge is -2.25. The monoisotopic (exact) mass is 582 g/mol. The average Bonchev–Trinajstić information content (AvgIpc) is 2.91. The SMILES string of the molecule is C[C@@H](O)[C@H](NC(=O)[C@@H](N)CCCN=C(N)N)C(=O)N[C@@H](CO)C(=O)NCC(=O)N[C@@H](Cc1ccc(O)cc1)C(=O)O. The standard InChI is InChI=1S/C24H38N8O9/c1-12(34)19(32-20(37)15(25)3-2-8-28-24(26)27)22(39)31-17(11-33)21(38)29-10-18(36)30-16(23(40)41)9-13-4-6-14(35)7-5-13/h4-7,12,15-17,19,33-35H,2-3,8-11,25H2,1H3,(H,29,38)(H,30,36)(H,31,39)(H,32,37)(H,40,41)(H4,26,27,28)/t12-,15+,16+,17+,19+/m1/s1. The molecule has 1 aromatic carbocycles. The fourth-order valence-corrected chi connectivity index (χ4v) is 3.38. The number of carboxylic acid groups (broad SMARTS) is 1. The lowest BCUT2D eigenvalue weighted by atomic mass is 10.1. The third-order valence-corrected chi connectivity index (χ3v) is 5.62. The van der Waals surface area contributed by atoms with Crippen LogP contribution in [0.5, 0.6) is 5.75 Å². The van der Waals surface area contributed by atoms with Crippen LogP contribution >= 0.6 is 0 Å². The second-order valence-electron chi connectivity index (χ2n) is 9.07. The number of nitrogens with zero attached hydrogens (tertiary/aromatic N) is 1. The van der Waals surface area contributed by atoms with Crippen LogP contribution in [0.25, 0.3) is 0 Å². The Bertz CT molecular complexity index is 1080. The number of nitrogens with two attached hydrogens (primary N) is 3. The van der Waals surface area contributed by atoms with Gasteiger partial charge in [-0.25, -0.2) is 4.79 Å². The molecule has 4 amide bonds. The maximum Gasteiger partial charge on any atom is 0.326 e. The van der Waals surface area contributed by atoms with Crippen LogP contribution in [0.2, 0.25) is 0 Å². The van der Waals surface area contributed by atoms with Crippen molar-refractivity contribution in [3.05, 3.63) is 29.8 Å². The molecular formula is C24H38N8O9. The summed E-state index contributed by atoms with van der Waals surface area (Å²) < 4.78 is 0. The van der Waals surface area contributed by atoms with E-state index < -0.39 is 73.0 Å². The van der Waals surface area contributed by atoms with Crippen LogP contribution in [0, 0.1) is 0 Å². The van der Waals surface area contributed by atoms with Crippen LogP contribution in [0.3, 0.4) is 0 Å². The number of phenolic OH excluding ortho intramolecular Hbond substituents is 1. The highest BCUT2D eigenvalue weighted by Crippen LogP contribution is 2.11. The molecule has 0 radical (unpaired) electrons. The number of benzene rings is 1. The number of aromatic hydroxyl groups is 1. The molecule has 0 aliphatic carbocycles. The highest BCUT2D eigenvalue weighted by Gasteiger charge is 2.31. The number of aliphatic hydroxyl groups excluding tert-OH is 2. The molecule has 0 unspecified atom stereocenters. The Labute approximate surface area is 235 Å². The van der Waals surface area contributed by atoms with Gasteiger partial charge in [-0.2, -0.15) is 0 Å². The number of carbonyl (C=O) groups is 5. The minimum Gasteiger partial charge on any atom is -0.508 e. The molecule has 0 aliphatic heterocycles. The number of carbonyl (C=O) groups excluding carboxylic acids is 4. The number of aliphatic hydroxyl groups is 2. The number of hydrogen-bond donors (Lipinski definition) is 11. The highest BCUT2D eigenvalue weighted by molar-refractivity contribution is 5.94. The molecule has 0 saturated heterocycles. The number of nitrogens with one attached hydrogen (secondary N) is 4. The molecule has 0 fully saturated rings. The lowest BCUT2D eigenvalue weighted by Crippen LogP contribution is -2.60. The van der Waals surface area contributed by atoms with Gasteiger partial charge in [-0.1, -0.05) is 12.1 Å². The zero-order valence-electron chi connectivity index (χ0n) is 22.4. The van der Waals surface area contributed by atoms with Gasteiger partial charge in [-0.05, 0) is 37.5 Å². The molecule has 0 aliphatic rings. The summed E-state index contributed by atoms with van der Waals surface area (Å²) in [5.74, 6) is -5.11. The molecule has 0 spiro atoms. The molecule has 0 heterocycles. The van der Waals surface area contributed by atoms with E-state index in [9.17, 15) is 44.4 Å². The Kier molecular flexibility index (Phi) is 14.5. The molecule has 17 heteroatoms. The van der Waals surface area contributed by atoms with Crippen molar-refractivity contribution in [3.8, 4) is 5.75 Å². The number of aliphatic imine (C=N–C) groups is 1. The normalized spacial score (nSPS) is 14.3. The van der Waals surface area contributed by atoms with E-state index in [0.717, 1.165) is 0 Å². The fourth-order valence-electron chi connectivity index (χ4n) is 3.38. The van der Waals surface area contributed by atoms with E-state index in [4.69, 9.17) is 17.2 Å². The number of carboxylic acids is 1. The number of phenols is 1. The van der Waals surface area contributed by atoms with Crippen molar-refractivity contribution in [2.75, 3.05) is 19.7 Å². The summed E-state index contributed by atoms with van der Waals surface area (Å²) in [7, 11) is 0. The molecule has 0 saturated carbocycles. The molecule has 14 N–H and O–H groups in total. The predicted molar refractivity (Wildman–Crippen MR) is 145 cm³/mol. The van der Waals surface area contributed by atoms with Crippen molar-refractivity contribution in [2.24, 2.45) is 22.2 Å². The minimum atomic E-state index is -1.58. The minimum absolute atomic E-state index is 0.0142. The Hall–Kier alpha value is -4.48. The van der Waals surface area contributed by atoms with Crippen molar-refractivity contribution in [3.63, 3.8) is 0 Å². The van der Waals surface area contributed by atoms with Crippen molar-refractivity contribution in [1.29, 1.82) is 0 Å². The number of amides is 4. The Morgan fingerprint density at radius 1 is 0.951 bits per heavy atom. The fraction of sp³-hybridized carbons (Fsp3) is 0.500. The molecule has 1 aromatic rings. The first-order valence-corrected chi connectivity index (χ1v) is 12.5. The molecule has 41 heavy (non-hydrogen) atoms. The van der Waals surface area contributed by atoms with Crippen LogP contribution in [-0.2, 0) is 30.4 Å². The summed E-state index contributed by atoms with van der Waals surface area (Å²) in [5, 5.41) is 47.2. The maximum absolute atomic E-state index is 12.7. The predicted octanol–water partition coefficient (Wildman–Crippen LogP) is -4.66. The van der Waals surface area contributed by atoms with Gasteiger partial charge in [0.15, 0.2) is 5.96 Å². The molecule has 0 aromatic heterocycles. The van der Waals surface area contributed by atoms with Crippen molar-refractivity contribution >= 4 is 35.6 Å². The van der Waals surface area contributed by atoms with Gasteiger partial charge in [-0.15, -0.1) is 0 Å². The highest BCUT2D eigenvalue weighted by atomic mass is 16.4. The summed E-state index contributed by atoms with van der Waals surface area (Å²) in [4.78, 5) is 65.1. The smallest absolute Gasteiger partial charge is 0.326 e. The second kappa shape index (κ2) is 17.3. The first-order valence-electron chi connectivity index (χ1n) is 12.5. The Morgan fingerprint density at radius 2 is 1.59 bits per heavy atom. The van der Waals surface area contributed by atoms with Gasteiger partial charge >= 0.3 is 5.97 Å². The molecule has 5 atom stereocenters. The molecular weight excluding hydrogens is 544 g/mol. The first-order chi connectivity index (χ1) is 19.2. The van der Waals surface area contributed by atoms with Crippen LogP contribution in [0.15, 0.2) is 29.3 Å². The van der Waals surface area contributed by atoms with Crippen LogP contribution in [0.4, 0.5) is 0 Å². The topological polar surface area (TPSA) is 305 Å². The first kappa shape index (κ1) is 34.5. The number of rotatable bonds is 17. The summed E-state index contributed by atoms with van der Waals surface area (Å²) in [5.41, 5.74) is 16.8. The van der Waals surface area contributed by atoms with E-state index in [0.29, 0.717) is 12.0 Å². The third kappa shape index (κ3) is 12.9. The number of aliphatic carboxylic acids is 1. The van der Waals surface area contributed by atoms with Gasteiger partial charge in [0.2, 0.25) is 23.6 Å². The molecule has 1 rings (SSSR count). The van der Waals surface area contributed by atoms with Gasteiger partial charge in [-0.3, -0.25) is 24.2 Å². The van der Waals surface area contributed by atoms with Crippen LogP contribution in [-0.4, -0.2) is 106 Å². The quantitative estimate of drug-likeness (QED) is 0.0469. The number of guanidine groups is 1. The summed E-state index contributed by atoms with van der Waals surface area (Å²) in [6, 6.07) is 0.181. The van der Waals surface area contributed by atoms with Crippen molar-refractivity contribution in [2.45, 2.75) is 56.5 Å². The van der Waals surface area contributed by atoms with Gasteiger partial charge < -0.3 is 58.9 Å². The van der Waals surface area contributed by atoms with E-state index in [2.05, 4.69) is 26.3 Å². The van der Waals surface area contributed by atoms with Gasteiger partial charge in [0.1, 0.15) is 23.9 Å². The average molecular weight is 583 g/mol. The number of hydrogen-bond acceptors (Lipinski definition) is 10. The van der Waals surface area contributed by atoms with E-state index in [1.54, 1.807) is 0 Å². The Morgan fingerprint density at radius 3 is 2.12 bits per heavy atom. The van der Waals surface area contributed by atoms with E-state index in [1.807, 2.05) is 0 Å². The third-order valence-electron chi connectivity index (χ3n) is 5.62. The molecule has 17 nitrogen and oxygen atoms in total. The Balaban J connectivity index is 2.66. The van der Waals surface area contributed by atoms with Gasteiger partial charge in [0.05, 0.1) is 25.3 Å². The molecule has 228 valence electrons. The van der Waals surface area contributed by atoms with E-state index >= 15 is 0 Å². The summed E-state index contributed by atoms with van der Waals surface area (Å²) in [6.07, 6.45) is -0.986. The van der Waals surface area contributed by atoms with Crippen molar-refractivity contribution < 1.29 is 44.4 Å². The van der Waals surface area contributed by atoms with Crippen LogP contribution in [0.1, 0.15) is 25.3 Å². The van der Waals surface area contributed by atoms with Gasteiger partial charge in [0.25, 0.3) is 0 Å². The summed E-state index contributed by atoms with van der Waals surface area (Å²) >= 11 is 0. The second-order valence-corrected chi connectivity index (χ2v) is 9.07. The van der Waals surface area contributed by atoms with E-state index in [-0.39, 0.29) is 31.1 Å². The maximum atomic E-state index is 12.7.